The second-order valence-corrected chi connectivity index (χ2v) is 6.49. The maximum Gasteiger partial charge on any atom is 0.225 e. The molecule has 25 heavy (non-hydrogen) atoms. The van der Waals surface area contributed by atoms with E-state index >= 15 is 0 Å². The highest BCUT2D eigenvalue weighted by atomic mass is 32.2. The standard InChI is InChI=1S/C18H16N4O2S/c1-10(23)20-12-4-5-13-14(8-17(24)21-16(13)7-12)15-6-3-11(9-19)18(22-15)25-2/h3-7,14H,8H2,1-2H3,(H,20,23)(H,21,24). The quantitative estimate of drug-likeness (QED) is 0.828. The van der Waals surface area contributed by atoms with Crippen molar-refractivity contribution in [1.29, 1.82) is 5.26 Å². The molecule has 6 nitrogen and oxygen atoms in total. The molecule has 1 aromatic carbocycles. The van der Waals surface area contributed by atoms with Gasteiger partial charge in [0.05, 0.1) is 5.56 Å². The number of benzene rings is 1. The summed E-state index contributed by atoms with van der Waals surface area (Å²) >= 11 is 1.41. The minimum atomic E-state index is -0.186. The second-order valence-electron chi connectivity index (χ2n) is 5.69. The monoisotopic (exact) mass is 352 g/mol. The molecule has 2 aromatic rings. The lowest BCUT2D eigenvalue weighted by molar-refractivity contribution is -0.116. The van der Waals surface area contributed by atoms with E-state index < -0.39 is 0 Å². The van der Waals surface area contributed by atoms with Crippen molar-refractivity contribution in [2.24, 2.45) is 0 Å². The van der Waals surface area contributed by atoms with E-state index in [1.54, 1.807) is 18.2 Å². The summed E-state index contributed by atoms with van der Waals surface area (Å²) in [6.07, 6.45) is 2.16. The van der Waals surface area contributed by atoms with Crippen molar-refractivity contribution >= 4 is 35.0 Å². The lowest BCUT2D eigenvalue weighted by atomic mass is 9.87. The molecule has 126 valence electrons. The zero-order valence-electron chi connectivity index (χ0n) is 13.8. The molecule has 0 aliphatic carbocycles. The molecule has 1 aliphatic heterocycles. The van der Waals surface area contributed by atoms with Gasteiger partial charge in [0, 0.05) is 36.3 Å². The highest BCUT2D eigenvalue weighted by molar-refractivity contribution is 7.98. The van der Waals surface area contributed by atoms with Gasteiger partial charge in [0.15, 0.2) is 0 Å². The summed E-state index contributed by atoms with van der Waals surface area (Å²) < 4.78 is 0. The van der Waals surface area contributed by atoms with Crippen molar-refractivity contribution in [2.45, 2.75) is 24.3 Å². The Morgan fingerprint density at radius 2 is 2.20 bits per heavy atom. The van der Waals surface area contributed by atoms with Crippen LogP contribution in [0, 0.1) is 11.3 Å². The van der Waals surface area contributed by atoms with Gasteiger partial charge in [-0.2, -0.15) is 5.26 Å². The predicted molar refractivity (Wildman–Crippen MR) is 96.6 cm³/mol. The van der Waals surface area contributed by atoms with Crippen molar-refractivity contribution in [3.05, 3.63) is 47.2 Å². The number of aromatic nitrogens is 1. The van der Waals surface area contributed by atoms with Crippen LogP contribution in [-0.2, 0) is 9.59 Å². The minimum absolute atomic E-state index is 0.102. The van der Waals surface area contributed by atoms with Crippen LogP contribution in [0.5, 0.6) is 0 Å². The maximum atomic E-state index is 12.1. The first kappa shape index (κ1) is 17.0. The third kappa shape index (κ3) is 3.49. The number of carbonyl (C=O) groups excluding carboxylic acids is 2. The van der Waals surface area contributed by atoms with Crippen LogP contribution < -0.4 is 10.6 Å². The minimum Gasteiger partial charge on any atom is -0.326 e. The Hall–Kier alpha value is -2.85. The molecule has 2 N–H and O–H groups in total. The molecule has 1 atom stereocenters. The third-order valence-corrected chi connectivity index (χ3v) is 4.66. The summed E-state index contributed by atoms with van der Waals surface area (Å²) in [5, 5.41) is 15.4. The smallest absolute Gasteiger partial charge is 0.225 e. The molecule has 0 saturated heterocycles. The van der Waals surface area contributed by atoms with Crippen LogP contribution >= 0.6 is 11.8 Å². The molecule has 0 bridgehead atoms. The van der Waals surface area contributed by atoms with Gasteiger partial charge < -0.3 is 10.6 Å². The van der Waals surface area contributed by atoms with Gasteiger partial charge in [0.25, 0.3) is 0 Å². The number of pyridine rings is 1. The van der Waals surface area contributed by atoms with Crippen LogP contribution in [0.25, 0.3) is 0 Å². The summed E-state index contributed by atoms with van der Waals surface area (Å²) in [4.78, 5) is 27.9. The van der Waals surface area contributed by atoms with Crippen molar-refractivity contribution in [2.75, 3.05) is 16.9 Å². The lowest BCUT2D eigenvalue weighted by Crippen LogP contribution is -2.24. The number of carbonyl (C=O) groups is 2. The molecule has 0 spiro atoms. The van der Waals surface area contributed by atoms with E-state index in [9.17, 15) is 9.59 Å². The van der Waals surface area contributed by atoms with Crippen molar-refractivity contribution < 1.29 is 9.59 Å². The van der Waals surface area contributed by atoms with E-state index in [-0.39, 0.29) is 17.7 Å². The van der Waals surface area contributed by atoms with Gasteiger partial charge in [-0.05, 0) is 36.1 Å². The van der Waals surface area contributed by atoms with E-state index in [4.69, 9.17) is 5.26 Å². The van der Waals surface area contributed by atoms with E-state index in [0.717, 1.165) is 11.3 Å². The molecular formula is C18H16N4O2S. The first-order chi connectivity index (χ1) is 12.0. The number of hydrogen-bond donors (Lipinski definition) is 2. The molecule has 1 aliphatic rings. The van der Waals surface area contributed by atoms with Crippen LogP contribution in [0.4, 0.5) is 11.4 Å². The first-order valence-corrected chi connectivity index (χ1v) is 8.90. The number of anilines is 2. The Morgan fingerprint density at radius 3 is 2.88 bits per heavy atom. The number of fused-ring (bicyclic) bond motifs is 1. The number of nitriles is 1. The molecule has 0 radical (unpaired) electrons. The Labute approximate surface area is 149 Å². The molecule has 2 heterocycles. The lowest BCUT2D eigenvalue weighted by Gasteiger charge is -2.26. The van der Waals surface area contributed by atoms with Gasteiger partial charge in [-0.15, -0.1) is 11.8 Å². The highest BCUT2D eigenvalue weighted by Gasteiger charge is 2.28. The van der Waals surface area contributed by atoms with Crippen LogP contribution in [-0.4, -0.2) is 23.1 Å². The van der Waals surface area contributed by atoms with Crippen molar-refractivity contribution in [3.63, 3.8) is 0 Å². The topological polar surface area (TPSA) is 94.9 Å². The highest BCUT2D eigenvalue weighted by Crippen LogP contribution is 2.38. The normalized spacial score (nSPS) is 15.7. The zero-order valence-corrected chi connectivity index (χ0v) is 14.6. The van der Waals surface area contributed by atoms with Gasteiger partial charge in [0.1, 0.15) is 11.1 Å². The fourth-order valence-electron chi connectivity index (χ4n) is 2.90. The molecule has 7 heteroatoms. The average Bonchev–Trinajstić information content (AvgIpc) is 2.59. The number of nitrogens with zero attached hydrogens (tertiary/aromatic N) is 2. The summed E-state index contributed by atoms with van der Waals surface area (Å²) in [5.41, 5.74) is 3.52. The van der Waals surface area contributed by atoms with E-state index in [2.05, 4.69) is 21.7 Å². The zero-order chi connectivity index (χ0) is 18.0. The van der Waals surface area contributed by atoms with Crippen molar-refractivity contribution in [1.82, 2.24) is 4.98 Å². The van der Waals surface area contributed by atoms with Gasteiger partial charge in [-0.1, -0.05) is 6.07 Å². The van der Waals surface area contributed by atoms with Crippen LogP contribution in [0.1, 0.15) is 36.1 Å². The van der Waals surface area contributed by atoms with Crippen LogP contribution in [0.2, 0.25) is 0 Å². The first-order valence-electron chi connectivity index (χ1n) is 7.68. The van der Waals surface area contributed by atoms with Gasteiger partial charge in [-0.25, -0.2) is 4.98 Å². The second kappa shape index (κ2) is 6.95. The number of nitrogens with one attached hydrogen (secondary N) is 2. The Bertz CT molecular complexity index is 904. The fourth-order valence-corrected chi connectivity index (χ4v) is 3.43. The SMILES string of the molecule is CSc1nc(C2CC(=O)Nc3cc(NC(C)=O)ccc32)ccc1C#N. The molecule has 2 amide bonds. The van der Waals surface area contributed by atoms with E-state index in [1.165, 1.54) is 18.7 Å². The van der Waals surface area contributed by atoms with Gasteiger partial charge in [0.2, 0.25) is 11.8 Å². The molecular weight excluding hydrogens is 336 g/mol. The predicted octanol–water partition coefficient (Wildman–Crippen LogP) is 3.11. The number of rotatable bonds is 3. The summed E-state index contributed by atoms with van der Waals surface area (Å²) in [6, 6.07) is 11.1. The summed E-state index contributed by atoms with van der Waals surface area (Å²) in [7, 11) is 0. The summed E-state index contributed by atoms with van der Waals surface area (Å²) in [5.74, 6) is -0.458. The van der Waals surface area contributed by atoms with Gasteiger partial charge in [-0.3, -0.25) is 9.59 Å². The average molecular weight is 352 g/mol. The molecule has 0 fully saturated rings. The number of thioether (sulfide) groups is 1. The van der Waals surface area contributed by atoms with Gasteiger partial charge >= 0.3 is 0 Å². The van der Waals surface area contributed by atoms with E-state index in [0.29, 0.717) is 28.4 Å². The Morgan fingerprint density at radius 1 is 1.40 bits per heavy atom. The van der Waals surface area contributed by atoms with E-state index in [1.807, 2.05) is 18.4 Å². The molecule has 1 unspecified atom stereocenters. The maximum absolute atomic E-state index is 12.1. The van der Waals surface area contributed by atoms with Crippen molar-refractivity contribution in [3.8, 4) is 6.07 Å². The van der Waals surface area contributed by atoms with Crippen LogP contribution in [0.15, 0.2) is 35.4 Å². The summed E-state index contributed by atoms with van der Waals surface area (Å²) in [6.45, 7) is 1.44. The number of amides is 2. The Balaban J connectivity index is 2.03. The molecule has 1 aromatic heterocycles. The van der Waals surface area contributed by atoms with Crippen LogP contribution in [0.3, 0.4) is 0 Å². The third-order valence-electron chi connectivity index (χ3n) is 3.97. The Kier molecular flexibility index (Phi) is 4.72. The molecule has 3 rings (SSSR count). The fraction of sp³-hybridized carbons (Fsp3) is 0.222. The molecule has 0 saturated carbocycles. The largest absolute Gasteiger partial charge is 0.326 e. The number of hydrogen-bond acceptors (Lipinski definition) is 5.